The summed E-state index contributed by atoms with van der Waals surface area (Å²) in [7, 11) is 1.96. The molecule has 120 valence electrons. The molecule has 1 saturated heterocycles. The Hall–Kier alpha value is -2.44. The van der Waals surface area contributed by atoms with Crippen LogP contribution in [-0.4, -0.2) is 42.5 Å². The summed E-state index contributed by atoms with van der Waals surface area (Å²) in [6.45, 7) is 4.17. The number of hydrogen-bond donors (Lipinski definition) is 0. The van der Waals surface area contributed by atoms with Crippen LogP contribution in [0.25, 0.3) is 5.65 Å². The summed E-state index contributed by atoms with van der Waals surface area (Å²) in [4.78, 5) is 11.5. The van der Waals surface area contributed by atoms with Crippen LogP contribution in [0.1, 0.15) is 30.2 Å². The van der Waals surface area contributed by atoms with E-state index in [0.717, 1.165) is 54.9 Å². The molecule has 0 atom stereocenters. The average molecular weight is 311 g/mol. The van der Waals surface area contributed by atoms with Gasteiger partial charge in [0.15, 0.2) is 11.5 Å². The van der Waals surface area contributed by atoms with E-state index in [-0.39, 0.29) is 0 Å². The molecule has 0 amide bonds. The summed E-state index contributed by atoms with van der Waals surface area (Å²) >= 11 is 0. The van der Waals surface area contributed by atoms with Gasteiger partial charge in [-0.25, -0.2) is 9.50 Å². The summed E-state index contributed by atoms with van der Waals surface area (Å²) in [6, 6.07) is 6.03. The first-order chi connectivity index (χ1) is 11.2. The first kappa shape index (κ1) is 14.2. The largest absolute Gasteiger partial charge is 0.340 e. The Kier molecular flexibility index (Phi) is 3.48. The Labute approximate surface area is 135 Å². The van der Waals surface area contributed by atoms with Crippen molar-refractivity contribution in [2.24, 2.45) is 7.05 Å². The first-order valence-electron chi connectivity index (χ1n) is 8.17. The van der Waals surface area contributed by atoms with Crippen LogP contribution in [0.3, 0.4) is 0 Å². The minimum absolute atomic E-state index is 0.771. The Balaban J connectivity index is 1.50. The number of aryl methyl sites for hydroxylation is 4. The molecule has 0 radical (unpaired) electrons. The zero-order chi connectivity index (χ0) is 15.8. The summed E-state index contributed by atoms with van der Waals surface area (Å²) < 4.78 is 3.77. The molecule has 0 unspecified atom stereocenters. The van der Waals surface area contributed by atoms with Crippen molar-refractivity contribution in [2.45, 2.75) is 32.6 Å². The standard InChI is InChI=1S/C16H21N7/c1-12-6-5-7-15-17-13(19-23(12)15)8-9-14-18-16(20-21(14)2)22-10-3-4-11-22/h5-7H,3-4,8-11H2,1-2H3. The second kappa shape index (κ2) is 5.64. The molecule has 0 spiro atoms. The fraction of sp³-hybridized carbons (Fsp3) is 0.500. The molecule has 0 bridgehead atoms. The molecule has 3 aromatic heterocycles. The van der Waals surface area contributed by atoms with E-state index in [1.807, 2.05) is 41.4 Å². The minimum Gasteiger partial charge on any atom is -0.340 e. The van der Waals surface area contributed by atoms with Crippen molar-refractivity contribution in [3.63, 3.8) is 0 Å². The fourth-order valence-electron chi connectivity index (χ4n) is 3.08. The lowest BCUT2D eigenvalue weighted by Gasteiger charge is -2.10. The highest BCUT2D eigenvalue weighted by Crippen LogP contribution is 2.16. The van der Waals surface area contributed by atoms with Crippen molar-refractivity contribution in [3.05, 3.63) is 35.5 Å². The highest BCUT2D eigenvalue weighted by molar-refractivity contribution is 5.38. The molecule has 4 heterocycles. The van der Waals surface area contributed by atoms with E-state index in [0.29, 0.717) is 0 Å². The lowest BCUT2D eigenvalue weighted by atomic mass is 10.3. The molecular weight excluding hydrogens is 290 g/mol. The topological polar surface area (TPSA) is 64.1 Å². The second-order valence-corrected chi connectivity index (χ2v) is 6.11. The number of aromatic nitrogens is 6. The summed E-state index contributed by atoms with van der Waals surface area (Å²) in [5.41, 5.74) is 1.99. The van der Waals surface area contributed by atoms with E-state index < -0.39 is 0 Å². The van der Waals surface area contributed by atoms with Gasteiger partial charge < -0.3 is 4.90 Å². The van der Waals surface area contributed by atoms with E-state index >= 15 is 0 Å². The van der Waals surface area contributed by atoms with Gasteiger partial charge in [-0.3, -0.25) is 4.68 Å². The van der Waals surface area contributed by atoms with Crippen molar-refractivity contribution >= 4 is 11.6 Å². The van der Waals surface area contributed by atoms with Crippen LogP contribution in [-0.2, 0) is 19.9 Å². The van der Waals surface area contributed by atoms with Gasteiger partial charge in [0, 0.05) is 38.7 Å². The van der Waals surface area contributed by atoms with E-state index in [1.54, 1.807) is 0 Å². The third kappa shape index (κ3) is 2.67. The van der Waals surface area contributed by atoms with E-state index in [9.17, 15) is 0 Å². The van der Waals surface area contributed by atoms with Gasteiger partial charge in [-0.05, 0) is 31.9 Å². The SMILES string of the molecule is Cc1cccc2nc(CCc3nc(N4CCCC4)nn3C)nn12. The van der Waals surface area contributed by atoms with Crippen LogP contribution in [0.15, 0.2) is 18.2 Å². The third-order valence-corrected chi connectivity index (χ3v) is 4.40. The van der Waals surface area contributed by atoms with Crippen molar-refractivity contribution in [2.75, 3.05) is 18.0 Å². The van der Waals surface area contributed by atoms with Gasteiger partial charge in [-0.15, -0.1) is 5.10 Å². The molecule has 0 aromatic carbocycles. The molecule has 7 heteroatoms. The monoisotopic (exact) mass is 311 g/mol. The quantitative estimate of drug-likeness (QED) is 0.731. The van der Waals surface area contributed by atoms with Crippen LogP contribution < -0.4 is 4.90 Å². The molecule has 4 rings (SSSR count). The summed E-state index contributed by atoms with van der Waals surface area (Å²) in [5, 5.41) is 9.13. The molecule has 3 aromatic rings. The molecular formula is C16H21N7. The third-order valence-electron chi connectivity index (χ3n) is 4.40. The molecule has 1 fully saturated rings. The normalized spacial score (nSPS) is 15.0. The maximum Gasteiger partial charge on any atom is 0.244 e. The first-order valence-corrected chi connectivity index (χ1v) is 8.17. The molecule has 23 heavy (non-hydrogen) atoms. The fourth-order valence-corrected chi connectivity index (χ4v) is 3.08. The maximum absolute atomic E-state index is 4.69. The molecule has 1 aliphatic rings. The number of pyridine rings is 1. The van der Waals surface area contributed by atoms with Gasteiger partial charge in [-0.1, -0.05) is 6.07 Å². The van der Waals surface area contributed by atoms with Crippen LogP contribution in [0.2, 0.25) is 0 Å². The zero-order valence-corrected chi connectivity index (χ0v) is 13.6. The molecule has 0 N–H and O–H groups in total. The van der Waals surface area contributed by atoms with Crippen LogP contribution in [0.4, 0.5) is 5.95 Å². The van der Waals surface area contributed by atoms with Crippen molar-refractivity contribution in [1.82, 2.24) is 29.4 Å². The maximum atomic E-state index is 4.69. The highest BCUT2D eigenvalue weighted by Gasteiger charge is 2.18. The van der Waals surface area contributed by atoms with Gasteiger partial charge in [0.2, 0.25) is 5.95 Å². The van der Waals surface area contributed by atoms with Crippen LogP contribution in [0.5, 0.6) is 0 Å². The van der Waals surface area contributed by atoms with Crippen LogP contribution in [0, 0.1) is 6.92 Å². The van der Waals surface area contributed by atoms with E-state index in [2.05, 4.69) is 20.1 Å². The molecule has 7 nitrogen and oxygen atoms in total. The Morgan fingerprint density at radius 1 is 1.04 bits per heavy atom. The Morgan fingerprint density at radius 3 is 2.65 bits per heavy atom. The molecule has 0 aliphatic carbocycles. The Bertz CT molecular complexity index is 826. The van der Waals surface area contributed by atoms with E-state index in [1.165, 1.54) is 12.8 Å². The predicted octanol–water partition coefficient (Wildman–Crippen LogP) is 1.55. The number of nitrogens with zero attached hydrogens (tertiary/aromatic N) is 7. The van der Waals surface area contributed by atoms with Crippen LogP contribution >= 0.6 is 0 Å². The van der Waals surface area contributed by atoms with Gasteiger partial charge in [0.25, 0.3) is 0 Å². The number of anilines is 1. The predicted molar refractivity (Wildman–Crippen MR) is 87.6 cm³/mol. The molecule has 0 saturated carbocycles. The smallest absolute Gasteiger partial charge is 0.244 e. The zero-order valence-electron chi connectivity index (χ0n) is 13.6. The summed E-state index contributed by atoms with van der Waals surface area (Å²) in [6.07, 6.45) is 4.04. The van der Waals surface area contributed by atoms with Gasteiger partial charge in [0.05, 0.1) is 0 Å². The van der Waals surface area contributed by atoms with Gasteiger partial charge in [-0.2, -0.15) is 10.1 Å². The van der Waals surface area contributed by atoms with Gasteiger partial charge >= 0.3 is 0 Å². The van der Waals surface area contributed by atoms with Crippen molar-refractivity contribution in [1.29, 1.82) is 0 Å². The van der Waals surface area contributed by atoms with Crippen molar-refractivity contribution < 1.29 is 0 Å². The molecule has 1 aliphatic heterocycles. The highest BCUT2D eigenvalue weighted by atomic mass is 15.4. The van der Waals surface area contributed by atoms with Gasteiger partial charge in [0.1, 0.15) is 5.82 Å². The second-order valence-electron chi connectivity index (χ2n) is 6.11. The Morgan fingerprint density at radius 2 is 1.87 bits per heavy atom. The van der Waals surface area contributed by atoms with Crippen molar-refractivity contribution in [3.8, 4) is 0 Å². The number of fused-ring (bicyclic) bond motifs is 1. The minimum atomic E-state index is 0.771. The summed E-state index contributed by atoms with van der Waals surface area (Å²) in [5.74, 6) is 2.70. The average Bonchev–Trinajstić information content (AvgIpc) is 3.24. The lowest BCUT2D eigenvalue weighted by molar-refractivity contribution is 0.681. The lowest BCUT2D eigenvalue weighted by Crippen LogP contribution is -2.19. The van der Waals surface area contributed by atoms with E-state index in [4.69, 9.17) is 4.98 Å². The number of hydrogen-bond acceptors (Lipinski definition) is 5. The number of rotatable bonds is 4.